The van der Waals surface area contributed by atoms with Crippen molar-refractivity contribution >= 4 is 5.97 Å². The number of rotatable bonds is 3. The molecule has 0 bridgehead atoms. The first-order valence-corrected chi connectivity index (χ1v) is 3.74. The number of halogens is 3. The minimum Gasteiger partial charge on any atom is -0.479 e. The number of aliphatic carboxylic acids is 1. The topological polar surface area (TPSA) is 57.5 Å². The van der Waals surface area contributed by atoms with Gasteiger partial charge >= 0.3 is 12.1 Å². The Labute approximate surface area is 72.2 Å². The molecule has 0 heterocycles. The van der Waals surface area contributed by atoms with E-state index in [-0.39, 0.29) is 12.8 Å². The van der Waals surface area contributed by atoms with E-state index in [0.29, 0.717) is 0 Å². The second-order valence-corrected chi connectivity index (χ2v) is 3.40. The van der Waals surface area contributed by atoms with Crippen LogP contribution >= 0.6 is 0 Å². The van der Waals surface area contributed by atoms with E-state index in [9.17, 15) is 18.0 Å². The summed E-state index contributed by atoms with van der Waals surface area (Å²) < 4.78 is 35.7. The number of aliphatic hydroxyl groups excluding tert-OH is 1. The molecule has 1 fully saturated rings. The van der Waals surface area contributed by atoms with Crippen molar-refractivity contribution in [1.29, 1.82) is 0 Å². The average Bonchev–Trinajstić information content (AvgIpc) is 2.64. The first kappa shape index (κ1) is 10.3. The molecule has 0 spiro atoms. The minimum absolute atomic E-state index is 0.125. The van der Waals surface area contributed by atoms with Gasteiger partial charge < -0.3 is 10.2 Å². The quantitative estimate of drug-likeness (QED) is 0.715. The highest BCUT2D eigenvalue weighted by atomic mass is 19.4. The predicted molar refractivity (Wildman–Crippen MR) is 36.0 cm³/mol. The molecule has 0 aromatic heterocycles. The van der Waals surface area contributed by atoms with E-state index in [1.54, 1.807) is 0 Å². The first-order chi connectivity index (χ1) is 5.77. The van der Waals surface area contributed by atoms with Gasteiger partial charge in [-0.05, 0) is 12.8 Å². The van der Waals surface area contributed by atoms with E-state index >= 15 is 0 Å². The lowest BCUT2D eigenvalue weighted by Gasteiger charge is -2.19. The molecule has 2 N–H and O–H groups in total. The van der Waals surface area contributed by atoms with Gasteiger partial charge in [-0.2, -0.15) is 13.2 Å². The minimum atomic E-state index is -4.41. The van der Waals surface area contributed by atoms with Crippen molar-refractivity contribution in [2.45, 2.75) is 31.5 Å². The second kappa shape index (κ2) is 2.87. The zero-order chi connectivity index (χ0) is 10.3. The molecule has 76 valence electrons. The maximum absolute atomic E-state index is 11.9. The third-order valence-electron chi connectivity index (χ3n) is 2.26. The molecule has 0 aromatic rings. The normalized spacial score (nSPS) is 22.5. The molecule has 1 aliphatic rings. The van der Waals surface area contributed by atoms with Gasteiger partial charge in [-0.1, -0.05) is 0 Å². The van der Waals surface area contributed by atoms with E-state index < -0.39 is 30.1 Å². The van der Waals surface area contributed by atoms with Crippen molar-refractivity contribution in [3.05, 3.63) is 0 Å². The standard InChI is InChI=1S/C7H9F3O3/c8-7(9,10)3-6(1-2-6)4(11)5(12)13/h4,11H,1-3H2,(H,12,13). The molecule has 1 rings (SSSR count). The van der Waals surface area contributed by atoms with E-state index in [1.165, 1.54) is 0 Å². The molecular weight excluding hydrogens is 189 g/mol. The number of alkyl halides is 3. The Balaban J connectivity index is 2.62. The van der Waals surface area contributed by atoms with Crippen LogP contribution in [0, 0.1) is 5.41 Å². The SMILES string of the molecule is O=C(O)C(O)C1(CC(F)(F)F)CC1. The van der Waals surface area contributed by atoms with Gasteiger partial charge in [0, 0.05) is 5.41 Å². The summed E-state index contributed by atoms with van der Waals surface area (Å²) in [5.74, 6) is -1.58. The van der Waals surface area contributed by atoms with Crippen LogP contribution in [0.3, 0.4) is 0 Å². The summed E-state index contributed by atoms with van der Waals surface area (Å²) in [6.45, 7) is 0. The monoisotopic (exact) mass is 198 g/mol. The van der Waals surface area contributed by atoms with Crippen molar-refractivity contribution < 1.29 is 28.2 Å². The van der Waals surface area contributed by atoms with Crippen LogP contribution in [0.2, 0.25) is 0 Å². The predicted octanol–water partition coefficient (Wildman–Crippen LogP) is 1.16. The van der Waals surface area contributed by atoms with Crippen LogP contribution < -0.4 is 0 Å². The highest BCUT2D eigenvalue weighted by Crippen LogP contribution is 2.55. The zero-order valence-electron chi connectivity index (χ0n) is 6.64. The molecule has 1 saturated carbocycles. The molecule has 0 amide bonds. The lowest BCUT2D eigenvalue weighted by atomic mass is 9.95. The third-order valence-corrected chi connectivity index (χ3v) is 2.26. The molecule has 1 atom stereocenters. The summed E-state index contributed by atoms with van der Waals surface area (Å²) >= 11 is 0. The molecular formula is C7H9F3O3. The van der Waals surface area contributed by atoms with Gasteiger partial charge in [0.2, 0.25) is 0 Å². The largest absolute Gasteiger partial charge is 0.479 e. The van der Waals surface area contributed by atoms with Gasteiger partial charge in [0.15, 0.2) is 6.10 Å². The summed E-state index contributed by atoms with van der Waals surface area (Å²) in [5, 5.41) is 17.3. The van der Waals surface area contributed by atoms with Crippen LogP contribution in [0.4, 0.5) is 13.2 Å². The van der Waals surface area contributed by atoms with Gasteiger partial charge in [0.25, 0.3) is 0 Å². The molecule has 0 saturated heterocycles. The van der Waals surface area contributed by atoms with Crippen molar-refractivity contribution in [1.82, 2.24) is 0 Å². The van der Waals surface area contributed by atoms with E-state index in [4.69, 9.17) is 10.2 Å². The third kappa shape index (κ3) is 2.33. The summed E-state index contributed by atoms with van der Waals surface area (Å²) in [6.07, 6.45) is -7.27. The number of carboxylic acid groups (broad SMARTS) is 1. The van der Waals surface area contributed by atoms with Crippen molar-refractivity contribution in [2.75, 3.05) is 0 Å². The van der Waals surface area contributed by atoms with Crippen LogP contribution in [-0.4, -0.2) is 28.5 Å². The van der Waals surface area contributed by atoms with Crippen LogP contribution in [0.25, 0.3) is 0 Å². The van der Waals surface area contributed by atoms with Gasteiger partial charge in [-0.3, -0.25) is 0 Å². The number of hydrogen-bond acceptors (Lipinski definition) is 2. The second-order valence-electron chi connectivity index (χ2n) is 3.40. The Morgan fingerprint density at radius 2 is 1.92 bits per heavy atom. The van der Waals surface area contributed by atoms with Gasteiger partial charge in [0.05, 0.1) is 6.42 Å². The number of hydrogen-bond donors (Lipinski definition) is 2. The Bertz CT molecular complexity index is 220. The van der Waals surface area contributed by atoms with E-state index in [0.717, 1.165) is 0 Å². The van der Waals surface area contributed by atoms with Crippen molar-refractivity contribution in [3.8, 4) is 0 Å². The summed E-state index contributed by atoms with van der Waals surface area (Å²) in [4.78, 5) is 10.3. The van der Waals surface area contributed by atoms with E-state index in [1.807, 2.05) is 0 Å². The Hall–Kier alpha value is -0.780. The maximum atomic E-state index is 11.9. The fourth-order valence-electron chi connectivity index (χ4n) is 1.37. The van der Waals surface area contributed by atoms with E-state index in [2.05, 4.69) is 0 Å². The average molecular weight is 198 g/mol. The molecule has 6 heteroatoms. The zero-order valence-corrected chi connectivity index (χ0v) is 6.64. The Morgan fingerprint density at radius 1 is 1.46 bits per heavy atom. The van der Waals surface area contributed by atoms with Crippen LogP contribution in [0.15, 0.2) is 0 Å². The van der Waals surface area contributed by atoms with Gasteiger partial charge in [-0.15, -0.1) is 0 Å². The van der Waals surface area contributed by atoms with Gasteiger partial charge in [-0.25, -0.2) is 4.79 Å². The summed E-state index contributed by atoms with van der Waals surface area (Å²) in [6, 6.07) is 0. The lowest BCUT2D eigenvalue weighted by Crippen LogP contribution is -2.34. The lowest BCUT2D eigenvalue weighted by molar-refractivity contribution is -0.169. The summed E-state index contributed by atoms with van der Waals surface area (Å²) in [7, 11) is 0. The number of carbonyl (C=O) groups is 1. The fraction of sp³-hybridized carbons (Fsp3) is 0.857. The molecule has 0 aromatic carbocycles. The Kier molecular flexibility index (Phi) is 2.27. The molecule has 1 unspecified atom stereocenters. The molecule has 3 nitrogen and oxygen atoms in total. The van der Waals surface area contributed by atoms with Crippen LogP contribution in [0.1, 0.15) is 19.3 Å². The fourth-order valence-corrected chi connectivity index (χ4v) is 1.37. The molecule has 0 radical (unpaired) electrons. The highest BCUT2D eigenvalue weighted by molar-refractivity contribution is 5.73. The van der Waals surface area contributed by atoms with Crippen molar-refractivity contribution in [2.24, 2.45) is 5.41 Å². The first-order valence-electron chi connectivity index (χ1n) is 3.74. The van der Waals surface area contributed by atoms with Crippen LogP contribution in [0.5, 0.6) is 0 Å². The maximum Gasteiger partial charge on any atom is 0.389 e. The molecule has 0 aliphatic heterocycles. The van der Waals surface area contributed by atoms with Crippen LogP contribution in [-0.2, 0) is 4.79 Å². The summed E-state index contributed by atoms with van der Waals surface area (Å²) in [5.41, 5.74) is -1.45. The smallest absolute Gasteiger partial charge is 0.389 e. The molecule has 13 heavy (non-hydrogen) atoms. The molecule has 1 aliphatic carbocycles. The number of carboxylic acids is 1. The Morgan fingerprint density at radius 3 is 2.15 bits per heavy atom. The number of aliphatic hydroxyl groups is 1. The van der Waals surface area contributed by atoms with Crippen molar-refractivity contribution in [3.63, 3.8) is 0 Å². The van der Waals surface area contributed by atoms with Gasteiger partial charge in [0.1, 0.15) is 0 Å². The highest BCUT2D eigenvalue weighted by Gasteiger charge is 2.57.